The van der Waals surface area contributed by atoms with E-state index in [9.17, 15) is 4.79 Å². The number of alkyl halides is 1. The van der Waals surface area contributed by atoms with Gasteiger partial charge in [0.05, 0.1) is 17.9 Å². The molecule has 2 aromatic rings. The Morgan fingerprint density at radius 1 is 1.23 bits per heavy atom. The molecule has 1 amide bonds. The highest BCUT2D eigenvalue weighted by atomic mass is 79.9. The molecule has 0 aromatic heterocycles. The van der Waals surface area contributed by atoms with Crippen molar-refractivity contribution in [1.29, 1.82) is 0 Å². The summed E-state index contributed by atoms with van der Waals surface area (Å²) in [5.74, 6) is 0.514. The molecular weight excluding hydrogens is 416 g/mol. The highest BCUT2D eigenvalue weighted by Gasteiger charge is 2.32. The van der Waals surface area contributed by atoms with Crippen molar-refractivity contribution >= 4 is 39.1 Å². The summed E-state index contributed by atoms with van der Waals surface area (Å²) in [7, 11) is 0. The van der Waals surface area contributed by atoms with Gasteiger partial charge in [-0.2, -0.15) is 5.10 Å². The maximum atomic E-state index is 12.3. The molecule has 1 heterocycles. The molecule has 4 nitrogen and oxygen atoms in total. The molecule has 0 N–H and O–H groups in total. The van der Waals surface area contributed by atoms with Gasteiger partial charge >= 0.3 is 0 Å². The second-order valence-corrected chi connectivity index (χ2v) is 7.56. The maximum Gasteiger partial charge on any atom is 0.258 e. The van der Waals surface area contributed by atoms with Crippen LogP contribution in [-0.2, 0) is 4.79 Å². The fourth-order valence-corrected chi connectivity index (χ4v) is 3.31. The van der Waals surface area contributed by atoms with Crippen molar-refractivity contribution in [2.45, 2.75) is 32.4 Å². The predicted molar refractivity (Wildman–Crippen MR) is 108 cm³/mol. The standard InChI is InChI=1S/C20H20BrClN2O2/c1-13(2)26-17-9-5-15(6-10-17)19-11-18(23-24(19)20(25)12-22)14-3-7-16(21)8-4-14/h3-10,13,19H,11-12H2,1-2H3. The normalized spacial score (nSPS) is 16.7. The summed E-state index contributed by atoms with van der Waals surface area (Å²) in [6.45, 7) is 3.98. The first kappa shape index (κ1) is 18.9. The number of amides is 1. The van der Waals surface area contributed by atoms with E-state index in [1.54, 1.807) is 0 Å². The summed E-state index contributed by atoms with van der Waals surface area (Å²) in [5, 5.41) is 6.06. The molecule has 0 fully saturated rings. The number of hydrazone groups is 1. The molecule has 0 saturated carbocycles. The zero-order chi connectivity index (χ0) is 18.7. The zero-order valence-corrected chi connectivity index (χ0v) is 17.0. The largest absolute Gasteiger partial charge is 0.491 e. The molecule has 26 heavy (non-hydrogen) atoms. The lowest BCUT2D eigenvalue weighted by Crippen LogP contribution is -2.27. The predicted octanol–water partition coefficient (Wildman–Crippen LogP) is 5.15. The highest BCUT2D eigenvalue weighted by Crippen LogP contribution is 2.34. The van der Waals surface area contributed by atoms with Crippen LogP contribution in [0, 0.1) is 0 Å². The second-order valence-electron chi connectivity index (χ2n) is 6.38. The summed E-state index contributed by atoms with van der Waals surface area (Å²) in [4.78, 5) is 12.3. The Morgan fingerprint density at radius 2 is 1.88 bits per heavy atom. The van der Waals surface area contributed by atoms with E-state index in [0.717, 1.165) is 27.1 Å². The van der Waals surface area contributed by atoms with Gasteiger partial charge < -0.3 is 4.74 Å². The number of ether oxygens (including phenoxy) is 1. The van der Waals surface area contributed by atoms with Crippen molar-refractivity contribution < 1.29 is 9.53 Å². The number of carbonyl (C=O) groups excluding carboxylic acids is 1. The smallest absolute Gasteiger partial charge is 0.258 e. The fourth-order valence-electron chi connectivity index (χ4n) is 2.92. The first-order valence-corrected chi connectivity index (χ1v) is 9.78. The molecule has 0 spiro atoms. The van der Waals surface area contributed by atoms with Crippen LogP contribution in [0.5, 0.6) is 5.75 Å². The van der Waals surface area contributed by atoms with Gasteiger partial charge in [0.25, 0.3) is 5.91 Å². The van der Waals surface area contributed by atoms with E-state index in [1.165, 1.54) is 5.01 Å². The molecule has 0 saturated heterocycles. The lowest BCUT2D eigenvalue weighted by molar-refractivity contribution is -0.130. The molecule has 136 valence electrons. The molecule has 1 aliphatic rings. The molecule has 1 aliphatic heterocycles. The summed E-state index contributed by atoms with van der Waals surface area (Å²) in [6, 6.07) is 15.6. The number of halogens is 2. The Hall–Kier alpha value is -1.85. The minimum absolute atomic E-state index is 0.0951. The van der Waals surface area contributed by atoms with Crippen LogP contribution in [0.1, 0.15) is 37.4 Å². The lowest BCUT2D eigenvalue weighted by atomic mass is 9.98. The van der Waals surface area contributed by atoms with Crippen molar-refractivity contribution in [1.82, 2.24) is 5.01 Å². The van der Waals surface area contributed by atoms with Crippen LogP contribution in [0.25, 0.3) is 0 Å². The molecule has 1 unspecified atom stereocenters. The van der Waals surface area contributed by atoms with E-state index < -0.39 is 0 Å². The average molecular weight is 436 g/mol. The number of carbonyl (C=O) groups is 1. The number of hydrogen-bond donors (Lipinski definition) is 0. The zero-order valence-electron chi connectivity index (χ0n) is 14.7. The highest BCUT2D eigenvalue weighted by molar-refractivity contribution is 9.10. The third kappa shape index (κ3) is 4.27. The third-order valence-electron chi connectivity index (χ3n) is 4.09. The van der Waals surface area contributed by atoms with Crippen LogP contribution in [-0.4, -0.2) is 28.6 Å². The first-order chi connectivity index (χ1) is 12.5. The van der Waals surface area contributed by atoms with Crippen LogP contribution < -0.4 is 4.74 Å². The van der Waals surface area contributed by atoms with E-state index in [2.05, 4.69) is 21.0 Å². The molecule has 0 bridgehead atoms. The van der Waals surface area contributed by atoms with Crippen LogP contribution in [0.3, 0.4) is 0 Å². The van der Waals surface area contributed by atoms with Gasteiger partial charge in [-0.3, -0.25) is 4.79 Å². The van der Waals surface area contributed by atoms with Crippen LogP contribution >= 0.6 is 27.5 Å². The Bertz CT molecular complexity index is 804. The van der Waals surface area contributed by atoms with Crippen molar-refractivity contribution in [3.8, 4) is 5.75 Å². The molecule has 6 heteroatoms. The lowest BCUT2D eigenvalue weighted by Gasteiger charge is -2.21. The Morgan fingerprint density at radius 3 is 2.46 bits per heavy atom. The van der Waals surface area contributed by atoms with Gasteiger partial charge in [-0.1, -0.05) is 40.2 Å². The SMILES string of the molecule is CC(C)Oc1ccc(C2CC(c3ccc(Br)cc3)=NN2C(=O)CCl)cc1. The molecular formula is C20H20BrClN2O2. The van der Waals surface area contributed by atoms with Crippen molar-refractivity contribution in [2.24, 2.45) is 5.10 Å². The number of hydrogen-bond acceptors (Lipinski definition) is 3. The van der Waals surface area contributed by atoms with E-state index in [0.29, 0.717) is 6.42 Å². The molecule has 3 rings (SSSR count). The Kier molecular flexibility index (Phi) is 5.99. The molecule has 2 aromatic carbocycles. The van der Waals surface area contributed by atoms with Crippen LogP contribution in [0.15, 0.2) is 58.1 Å². The van der Waals surface area contributed by atoms with Gasteiger partial charge in [-0.15, -0.1) is 11.6 Å². The minimum atomic E-state index is -0.203. The Labute approximate surface area is 166 Å². The fraction of sp³-hybridized carbons (Fsp3) is 0.300. The van der Waals surface area contributed by atoms with E-state index in [-0.39, 0.29) is 23.9 Å². The van der Waals surface area contributed by atoms with Crippen LogP contribution in [0.2, 0.25) is 0 Å². The monoisotopic (exact) mass is 434 g/mol. The van der Waals surface area contributed by atoms with Gasteiger partial charge in [0.2, 0.25) is 0 Å². The van der Waals surface area contributed by atoms with E-state index in [1.807, 2.05) is 62.4 Å². The summed E-state index contributed by atoms with van der Waals surface area (Å²) in [6.07, 6.45) is 0.767. The van der Waals surface area contributed by atoms with E-state index in [4.69, 9.17) is 16.3 Å². The number of rotatable bonds is 5. The second kappa shape index (κ2) is 8.23. The first-order valence-electron chi connectivity index (χ1n) is 8.46. The molecule has 0 radical (unpaired) electrons. The van der Waals surface area contributed by atoms with Gasteiger partial charge in [0.1, 0.15) is 11.6 Å². The minimum Gasteiger partial charge on any atom is -0.491 e. The topological polar surface area (TPSA) is 41.9 Å². The summed E-state index contributed by atoms with van der Waals surface area (Å²) in [5.41, 5.74) is 2.89. The summed E-state index contributed by atoms with van der Waals surface area (Å²) < 4.78 is 6.70. The van der Waals surface area contributed by atoms with Crippen molar-refractivity contribution in [3.63, 3.8) is 0 Å². The number of nitrogens with zero attached hydrogens (tertiary/aromatic N) is 2. The van der Waals surface area contributed by atoms with E-state index >= 15 is 0 Å². The van der Waals surface area contributed by atoms with Crippen molar-refractivity contribution in [2.75, 3.05) is 5.88 Å². The van der Waals surface area contributed by atoms with Gasteiger partial charge in [0, 0.05) is 10.9 Å². The molecule has 0 aliphatic carbocycles. The number of benzene rings is 2. The Balaban J connectivity index is 1.86. The quantitative estimate of drug-likeness (QED) is 0.609. The molecule has 1 atom stereocenters. The van der Waals surface area contributed by atoms with Crippen molar-refractivity contribution in [3.05, 3.63) is 64.1 Å². The van der Waals surface area contributed by atoms with Gasteiger partial charge in [-0.05, 0) is 49.2 Å². The average Bonchev–Trinajstić information content (AvgIpc) is 3.07. The van der Waals surface area contributed by atoms with Gasteiger partial charge in [-0.25, -0.2) is 5.01 Å². The van der Waals surface area contributed by atoms with Gasteiger partial charge in [0.15, 0.2) is 0 Å². The third-order valence-corrected chi connectivity index (χ3v) is 4.85. The maximum absolute atomic E-state index is 12.3. The summed E-state index contributed by atoms with van der Waals surface area (Å²) >= 11 is 9.23. The van der Waals surface area contributed by atoms with Crippen LogP contribution in [0.4, 0.5) is 0 Å².